The van der Waals surface area contributed by atoms with Gasteiger partial charge in [-0.15, -0.1) is 0 Å². The number of nitrogens with zero attached hydrogens (tertiary/aromatic N) is 1. The van der Waals surface area contributed by atoms with Crippen LogP contribution in [0.3, 0.4) is 0 Å². The number of halogens is 1. The maximum Gasteiger partial charge on any atom is 0.247 e. The molecule has 2 aromatic rings. The summed E-state index contributed by atoms with van der Waals surface area (Å²) in [7, 11) is -2.14. The van der Waals surface area contributed by atoms with Gasteiger partial charge in [0.15, 0.2) is 0 Å². The molecule has 1 fully saturated rings. The lowest BCUT2D eigenvalue weighted by Crippen LogP contribution is -2.31. The molecular formula is C18H20BrNO3S. The number of benzene rings is 2. The van der Waals surface area contributed by atoms with Gasteiger partial charge >= 0.3 is 0 Å². The van der Waals surface area contributed by atoms with Gasteiger partial charge in [-0.2, -0.15) is 4.31 Å². The zero-order valence-corrected chi connectivity index (χ0v) is 16.1. The van der Waals surface area contributed by atoms with Crippen molar-refractivity contribution in [2.75, 3.05) is 13.7 Å². The number of sulfonamides is 1. The van der Waals surface area contributed by atoms with Crippen LogP contribution in [0.25, 0.3) is 0 Å². The van der Waals surface area contributed by atoms with Crippen LogP contribution in [-0.4, -0.2) is 26.4 Å². The molecule has 1 atom stereocenters. The molecule has 0 aromatic heterocycles. The van der Waals surface area contributed by atoms with Crippen LogP contribution in [0.4, 0.5) is 0 Å². The first-order valence-electron chi connectivity index (χ1n) is 7.85. The molecule has 3 rings (SSSR count). The number of aryl methyl sites for hydroxylation is 1. The second kappa shape index (κ2) is 6.86. The van der Waals surface area contributed by atoms with E-state index in [-0.39, 0.29) is 10.9 Å². The number of rotatable bonds is 4. The van der Waals surface area contributed by atoms with Crippen molar-refractivity contribution in [2.45, 2.75) is 30.7 Å². The molecule has 24 heavy (non-hydrogen) atoms. The molecular weight excluding hydrogens is 390 g/mol. The lowest BCUT2D eigenvalue weighted by atomic mass is 10.0. The third-order valence-electron chi connectivity index (χ3n) is 4.38. The van der Waals surface area contributed by atoms with Crippen LogP contribution >= 0.6 is 15.9 Å². The minimum Gasteiger partial charge on any atom is -0.495 e. The number of hydrogen-bond donors (Lipinski definition) is 0. The molecule has 6 heteroatoms. The van der Waals surface area contributed by atoms with Crippen LogP contribution in [0, 0.1) is 6.92 Å². The lowest BCUT2D eigenvalue weighted by Gasteiger charge is -2.25. The van der Waals surface area contributed by atoms with Gasteiger partial charge in [-0.05, 0) is 43.5 Å². The van der Waals surface area contributed by atoms with Gasteiger partial charge < -0.3 is 4.74 Å². The standard InChI is InChI=1S/C18H20BrNO3S/c1-13-5-7-14(8-6-13)16-4-3-11-20(16)24(21,22)18-12-15(19)9-10-17(18)23-2/h5-10,12,16H,3-4,11H2,1-2H3. The van der Waals surface area contributed by atoms with Gasteiger partial charge in [0.25, 0.3) is 0 Å². The normalized spacial score (nSPS) is 18.7. The van der Waals surface area contributed by atoms with Crippen molar-refractivity contribution in [2.24, 2.45) is 0 Å². The van der Waals surface area contributed by atoms with Crippen molar-refractivity contribution in [3.63, 3.8) is 0 Å². The first kappa shape index (κ1) is 17.5. The predicted molar refractivity (Wildman–Crippen MR) is 97.7 cm³/mol. The molecule has 1 heterocycles. The maximum atomic E-state index is 13.2. The summed E-state index contributed by atoms with van der Waals surface area (Å²) in [5, 5.41) is 0. The maximum absolute atomic E-state index is 13.2. The molecule has 4 nitrogen and oxygen atoms in total. The average molecular weight is 410 g/mol. The summed E-state index contributed by atoms with van der Waals surface area (Å²) < 4.78 is 34.1. The Morgan fingerprint density at radius 3 is 2.54 bits per heavy atom. The van der Waals surface area contributed by atoms with E-state index in [1.807, 2.05) is 31.2 Å². The second-order valence-corrected chi connectivity index (χ2v) is 8.75. The summed E-state index contributed by atoms with van der Waals surface area (Å²) in [6, 6.07) is 13.0. The SMILES string of the molecule is COc1ccc(Br)cc1S(=O)(=O)N1CCCC1c1ccc(C)cc1. The molecule has 0 spiro atoms. The van der Waals surface area contributed by atoms with Crippen molar-refractivity contribution in [1.82, 2.24) is 4.31 Å². The second-order valence-electron chi connectivity index (χ2n) is 5.98. The average Bonchev–Trinajstić information content (AvgIpc) is 3.06. The van der Waals surface area contributed by atoms with Gasteiger partial charge in [0.1, 0.15) is 10.6 Å². The van der Waals surface area contributed by atoms with Crippen LogP contribution in [0.2, 0.25) is 0 Å². The summed E-state index contributed by atoms with van der Waals surface area (Å²) in [5.41, 5.74) is 2.20. The van der Waals surface area contributed by atoms with Gasteiger partial charge in [-0.25, -0.2) is 8.42 Å². The summed E-state index contributed by atoms with van der Waals surface area (Å²) in [6.07, 6.45) is 1.69. The van der Waals surface area contributed by atoms with Crippen LogP contribution in [-0.2, 0) is 10.0 Å². The van der Waals surface area contributed by atoms with Crippen LogP contribution in [0.15, 0.2) is 51.8 Å². The van der Waals surface area contributed by atoms with Gasteiger partial charge in [-0.1, -0.05) is 45.8 Å². The van der Waals surface area contributed by atoms with E-state index >= 15 is 0 Å². The monoisotopic (exact) mass is 409 g/mol. The highest BCUT2D eigenvalue weighted by Crippen LogP contribution is 2.39. The fourth-order valence-corrected chi connectivity index (χ4v) is 5.51. The quantitative estimate of drug-likeness (QED) is 0.756. The zero-order chi connectivity index (χ0) is 17.3. The molecule has 1 aliphatic rings. The topological polar surface area (TPSA) is 46.6 Å². The third kappa shape index (κ3) is 3.23. The molecule has 1 saturated heterocycles. The minimum absolute atomic E-state index is 0.126. The molecule has 0 bridgehead atoms. The van der Waals surface area contributed by atoms with E-state index in [9.17, 15) is 8.42 Å². The highest BCUT2D eigenvalue weighted by atomic mass is 79.9. The summed E-state index contributed by atoms with van der Waals surface area (Å²) in [6.45, 7) is 2.55. The van der Waals surface area contributed by atoms with Gasteiger partial charge in [-0.3, -0.25) is 0 Å². The molecule has 0 radical (unpaired) electrons. The summed E-state index contributed by atoms with van der Waals surface area (Å²) >= 11 is 3.36. The molecule has 0 saturated carbocycles. The highest BCUT2D eigenvalue weighted by molar-refractivity contribution is 9.10. The van der Waals surface area contributed by atoms with Crippen molar-refractivity contribution in [1.29, 1.82) is 0 Å². The first-order valence-corrected chi connectivity index (χ1v) is 10.1. The fourth-order valence-electron chi connectivity index (χ4n) is 3.13. The van der Waals surface area contributed by atoms with Gasteiger partial charge in [0.2, 0.25) is 10.0 Å². The summed E-state index contributed by atoms with van der Waals surface area (Å²) in [4.78, 5) is 0.207. The minimum atomic E-state index is -3.63. The van der Waals surface area contributed by atoms with Crippen molar-refractivity contribution >= 4 is 26.0 Å². The summed E-state index contributed by atoms with van der Waals surface area (Å²) in [5.74, 6) is 0.368. The largest absolute Gasteiger partial charge is 0.495 e. The van der Waals surface area contributed by atoms with E-state index < -0.39 is 10.0 Å². The Kier molecular flexibility index (Phi) is 4.99. The fraction of sp³-hybridized carbons (Fsp3) is 0.333. The highest BCUT2D eigenvalue weighted by Gasteiger charge is 2.37. The van der Waals surface area contributed by atoms with Crippen LogP contribution in [0.5, 0.6) is 5.75 Å². The van der Waals surface area contributed by atoms with Crippen LogP contribution in [0.1, 0.15) is 30.0 Å². The predicted octanol–water partition coefficient (Wildman–Crippen LogP) is 4.29. The van der Waals surface area contributed by atoms with Crippen molar-refractivity contribution in [3.8, 4) is 5.75 Å². The van der Waals surface area contributed by atoms with E-state index in [0.717, 1.165) is 18.4 Å². The Morgan fingerprint density at radius 1 is 1.17 bits per heavy atom. The number of hydrogen-bond acceptors (Lipinski definition) is 3. The van der Waals surface area contributed by atoms with E-state index in [4.69, 9.17) is 4.74 Å². The molecule has 0 aliphatic carbocycles. The van der Waals surface area contributed by atoms with Gasteiger partial charge in [0, 0.05) is 11.0 Å². The number of ether oxygens (including phenoxy) is 1. The van der Waals surface area contributed by atoms with E-state index in [0.29, 0.717) is 16.8 Å². The molecule has 0 N–H and O–H groups in total. The molecule has 1 aliphatic heterocycles. The Bertz CT molecular complexity index is 834. The van der Waals surface area contributed by atoms with Crippen molar-refractivity contribution in [3.05, 3.63) is 58.1 Å². The first-order chi connectivity index (χ1) is 11.4. The third-order valence-corrected chi connectivity index (χ3v) is 6.80. The van der Waals surface area contributed by atoms with E-state index in [1.54, 1.807) is 22.5 Å². The van der Waals surface area contributed by atoms with Crippen molar-refractivity contribution < 1.29 is 13.2 Å². The Labute approximate surface area is 151 Å². The lowest BCUT2D eigenvalue weighted by molar-refractivity contribution is 0.381. The molecule has 128 valence electrons. The Hall–Kier alpha value is -1.37. The Balaban J connectivity index is 2.02. The van der Waals surface area contributed by atoms with E-state index in [2.05, 4.69) is 15.9 Å². The Morgan fingerprint density at radius 2 is 1.88 bits per heavy atom. The van der Waals surface area contributed by atoms with Crippen LogP contribution < -0.4 is 4.74 Å². The van der Waals surface area contributed by atoms with E-state index in [1.165, 1.54) is 12.7 Å². The molecule has 2 aromatic carbocycles. The smallest absolute Gasteiger partial charge is 0.247 e. The molecule has 1 unspecified atom stereocenters. The zero-order valence-electron chi connectivity index (χ0n) is 13.7. The van der Waals surface area contributed by atoms with Gasteiger partial charge in [0.05, 0.1) is 13.2 Å². The number of methoxy groups -OCH3 is 1. The molecule has 0 amide bonds.